The molecule has 0 aromatic carbocycles. The molecule has 1 aliphatic heterocycles. The van der Waals surface area contributed by atoms with E-state index in [4.69, 9.17) is 10.3 Å². The maximum atomic E-state index is 13.4. The van der Waals surface area contributed by atoms with Crippen molar-refractivity contribution in [3.8, 4) is 0 Å². The van der Waals surface area contributed by atoms with Gasteiger partial charge in [-0.25, -0.2) is 0 Å². The molecule has 1 saturated heterocycles. The van der Waals surface area contributed by atoms with Crippen LogP contribution in [0.25, 0.3) is 10.4 Å². The number of likely N-dealkylation sites (tertiary alicyclic amines) is 1. The summed E-state index contributed by atoms with van der Waals surface area (Å²) in [6.07, 6.45) is -1.16. The van der Waals surface area contributed by atoms with E-state index in [0.717, 1.165) is 0 Å². The molecule has 2 atom stereocenters. The van der Waals surface area contributed by atoms with Gasteiger partial charge in [-0.15, -0.1) is 0 Å². The van der Waals surface area contributed by atoms with Crippen molar-refractivity contribution in [1.29, 1.82) is 0 Å². The van der Waals surface area contributed by atoms with Crippen molar-refractivity contribution in [2.24, 2.45) is 5.11 Å². The third kappa shape index (κ3) is 3.41. The maximum absolute atomic E-state index is 13.4. The Labute approximate surface area is 95.3 Å². The van der Waals surface area contributed by atoms with Crippen LogP contribution in [0.3, 0.4) is 0 Å². The van der Waals surface area contributed by atoms with Crippen molar-refractivity contribution < 1.29 is 9.13 Å². The molecule has 0 radical (unpaired) electrons. The molecule has 0 unspecified atom stereocenters. The van der Waals surface area contributed by atoms with Crippen molar-refractivity contribution in [2.75, 3.05) is 13.1 Å². The van der Waals surface area contributed by atoms with Crippen molar-refractivity contribution >= 4 is 13.3 Å². The van der Waals surface area contributed by atoms with E-state index in [-0.39, 0.29) is 12.1 Å². The fourth-order valence-corrected chi connectivity index (χ4v) is 1.54. The summed E-state index contributed by atoms with van der Waals surface area (Å²) in [5.41, 5.74) is 7.91. The first-order valence-corrected chi connectivity index (χ1v) is 5.14. The standard InChI is InChI=1S/C9H16BFN4O/c1-9(2,3)16-8(10)15-4-6(11)7(5-15)13-14-12/h6-7,10H,4-5H2,1-3H3/t6-,7-/m1/s1. The van der Waals surface area contributed by atoms with Crippen molar-refractivity contribution in [3.63, 3.8) is 0 Å². The summed E-state index contributed by atoms with van der Waals surface area (Å²) in [6, 6.07) is -0.648. The third-order valence-corrected chi connectivity index (χ3v) is 2.20. The van der Waals surface area contributed by atoms with E-state index in [1.165, 1.54) is 0 Å². The van der Waals surface area contributed by atoms with Gasteiger partial charge in [0.15, 0.2) is 0 Å². The molecular weight excluding hydrogens is 210 g/mol. The Hall–Kier alpha value is -1.23. The second kappa shape index (κ2) is 4.74. The molecule has 16 heavy (non-hydrogen) atoms. The molecule has 0 spiro atoms. The Bertz CT molecular complexity index is 324. The fraction of sp³-hybridized carbons (Fsp3) is 0.889. The number of nitrogens with zero attached hydrogens (tertiary/aromatic N) is 4. The molecule has 0 amide bonds. The van der Waals surface area contributed by atoms with Crippen LogP contribution >= 0.6 is 0 Å². The molecule has 5 nitrogen and oxygen atoms in total. The second-order valence-electron chi connectivity index (χ2n) is 4.80. The SMILES string of the molecule is B=C(OC(C)(C)C)N1C[C@@H](F)[C@H](N=[N+]=[N-])C1. The van der Waals surface area contributed by atoms with E-state index < -0.39 is 12.2 Å². The Morgan fingerprint density at radius 2 is 2.19 bits per heavy atom. The zero-order valence-corrected chi connectivity index (χ0v) is 9.85. The number of hydrogen-bond donors (Lipinski definition) is 0. The van der Waals surface area contributed by atoms with E-state index in [0.29, 0.717) is 12.3 Å². The molecule has 88 valence electrons. The van der Waals surface area contributed by atoms with Crippen LogP contribution in [0.15, 0.2) is 5.11 Å². The van der Waals surface area contributed by atoms with Crippen LogP contribution in [0.2, 0.25) is 0 Å². The van der Waals surface area contributed by atoms with Gasteiger partial charge in [0.2, 0.25) is 0 Å². The van der Waals surface area contributed by atoms with E-state index in [1.807, 2.05) is 20.8 Å². The molecule has 1 rings (SSSR count). The fourth-order valence-electron chi connectivity index (χ4n) is 1.54. The van der Waals surface area contributed by atoms with E-state index in [1.54, 1.807) is 4.90 Å². The Morgan fingerprint density at radius 3 is 2.69 bits per heavy atom. The van der Waals surface area contributed by atoms with Gasteiger partial charge in [0.25, 0.3) is 0 Å². The van der Waals surface area contributed by atoms with Crippen LogP contribution < -0.4 is 0 Å². The van der Waals surface area contributed by atoms with Crippen LogP contribution in [-0.2, 0) is 4.74 Å². The Morgan fingerprint density at radius 1 is 1.56 bits per heavy atom. The van der Waals surface area contributed by atoms with Gasteiger partial charge < -0.3 is 0 Å². The molecule has 0 bridgehead atoms. The number of ether oxygens (including phenoxy) is 1. The van der Waals surface area contributed by atoms with E-state index >= 15 is 0 Å². The Kier molecular flexibility index (Phi) is 3.81. The average Bonchev–Trinajstić information content (AvgIpc) is 2.46. The predicted octanol–water partition coefficient (Wildman–Crippen LogP) is 1.12. The number of azide groups is 1. The predicted molar refractivity (Wildman–Crippen MR) is 62.4 cm³/mol. The van der Waals surface area contributed by atoms with Gasteiger partial charge in [-0.3, -0.25) is 0 Å². The number of rotatable bonds is 3. The quantitative estimate of drug-likeness (QED) is 0.313. The van der Waals surface area contributed by atoms with Gasteiger partial charge >= 0.3 is 94.5 Å². The molecule has 0 aliphatic carbocycles. The first-order valence-electron chi connectivity index (χ1n) is 5.14. The molecule has 0 aromatic rings. The van der Waals surface area contributed by atoms with Crippen LogP contribution in [-0.4, -0.2) is 49.1 Å². The van der Waals surface area contributed by atoms with E-state index in [9.17, 15) is 4.39 Å². The van der Waals surface area contributed by atoms with Gasteiger partial charge in [-0.05, 0) is 0 Å². The second-order valence-corrected chi connectivity index (χ2v) is 4.80. The van der Waals surface area contributed by atoms with Crippen LogP contribution in [0.4, 0.5) is 4.39 Å². The zero-order valence-electron chi connectivity index (χ0n) is 9.85. The molecule has 1 heterocycles. The van der Waals surface area contributed by atoms with Gasteiger partial charge in [0.05, 0.1) is 0 Å². The minimum absolute atomic E-state index is 0.165. The summed E-state index contributed by atoms with van der Waals surface area (Å²) < 4.78 is 18.9. The van der Waals surface area contributed by atoms with Crippen LogP contribution in [0.5, 0.6) is 0 Å². The summed E-state index contributed by atoms with van der Waals surface area (Å²) in [5.74, 6) is 0.422. The summed E-state index contributed by atoms with van der Waals surface area (Å²) >= 11 is 0. The molecule has 1 fully saturated rings. The number of hydrogen-bond acceptors (Lipinski definition) is 3. The molecule has 0 saturated carbocycles. The van der Waals surface area contributed by atoms with Crippen molar-refractivity contribution in [2.45, 2.75) is 38.6 Å². The average molecular weight is 226 g/mol. The molecular formula is C9H16BFN4O. The van der Waals surface area contributed by atoms with Crippen molar-refractivity contribution in [1.82, 2.24) is 4.90 Å². The zero-order chi connectivity index (χ0) is 12.3. The first-order chi connectivity index (χ1) is 7.33. The van der Waals surface area contributed by atoms with Gasteiger partial charge in [-0.2, -0.15) is 0 Å². The topological polar surface area (TPSA) is 61.2 Å². The number of halogens is 1. The normalized spacial score (nSPS) is 25.1. The summed E-state index contributed by atoms with van der Waals surface area (Å²) in [7, 11) is 3.75. The summed E-state index contributed by atoms with van der Waals surface area (Å²) in [6.45, 7) is 6.17. The Balaban J connectivity index is 2.58. The van der Waals surface area contributed by atoms with Gasteiger partial charge in [0.1, 0.15) is 0 Å². The minimum atomic E-state index is -1.16. The third-order valence-electron chi connectivity index (χ3n) is 2.20. The van der Waals surface area contributed by atoms with Gasteiger partial charge in [-0.1, -0.05) is 0 Å². The molecule has 1 aliphatic rings. The van der Waals surface area contributed by atoms with Crippen LogP contribution in [0, 0.1) is 0 Å². The molecule has 0 N–H and O–H groups in total. The summed E-state index contributed by atoms with van der Waals surface area (Å²) in [5, 5.41) is 3.40. The first kappa shape index (κ1) is 12.8. The van der Waals surface area contributed by atoms with E-state index in [2.05, 4.69) is 17.5 Å². The number of alkyl halides is 1. The molecule has 7 heteroatoms. The van der Waals surface area contributed by atoms with Crippen LogP contribution in [0.1, 0.15) is 20.8 Å². The van der Waals surface area contributed by atoms with Gasteiger partial charge in [0, 0.05) is 0 Å². The summed E-state index contributed by atoms with van der Waals surface area (Å²) in [4.78, 5) is 4.29. The monoisotopic (exact) mass is 226 g/mol. The van der Waals surface area contributed by atoms with Crippen molar-refractivity contribution in [3.05, 3.63) is 10.4 Å². The molecule has 0 aromatic heterocycles.